The zero-order valence-corrected chi connectivity index (χ0v) is 5.56. The molecule has 0 atom stereocenters. The molecule has 0 aromatic heterocycles. The first-order valence-electron chi connectivity index (χ1n) is 1.19. The van der Waals surface area contributed by atoms with Crippen LogP contribution >= 0.6 is 0 Å². The van der Waals surface area contributed by atoms with Crippen molar-refractivity contribution in [3.8, 4) is 0 Å². The molecule has 0 saturated heterocycles. The Labute approximate surface area is 68.5 Å². The van der Waals surface area contributed by atoms with E-state index in [2.05, 4.69) is 5.73 Å². The van der Waals surface area contributed by atoms with E-state index in [1.165, 1.54) is 0 Å². The minimum atomic E-state index is -0.968. The van der Waals surface area contributed by atoms with Gasteiger partial charge in [-0.15, -0.1) is 0 Å². The molecule has 0 aliphatic heterocycles. The number of hydrogen-bond donors (Lipinski definition) is 2. The van der Waals surface area contributed by atoms with E-state index in [1.54, 1.807) is 0 Å². The Morgan fingerprint density at radius 1 is 2.00 bits per heavy atom. The van der Waals surface area contributed by atoms with Crippen LogP contribution in [0.4, 0.5) is 0 Å². The van der Waals surface area contributed by atoms with Crippen molar-refractivity contribution < 1.29 is 12.8 Å². The van der Waals surface area contributed by atoms with E-state index < -0.39 is 5.97 Å². The van der Waals surface area contributed by atoms with Crippen molar-refractivity contribution in [2.75, 3.05) is 6.54 Å². The van der Waals surface area contributed by atoms with Gasteiger partial charge in [0.25, 0.3) is 0 Å². The maximum atomic E-state index is 9.24. The van der Waals surface area contributed by atoms with E-state index >= 15 is 0 Å². The van der Waals surface area contributed by atoms with Gasteiger partial charge in [-0.2, -0.15) is 0 Å². The molecule has 34 valence electrons. The Kier molecular flexibility index (Phi) is 9.34. The van der Waals surface area contributed by atoms with Crippen LogP contribution in [-0.4, -0.2) is 55.4 Å². The first kappa shape index (κ1) is 9.85. The molecule has 0 aromatic carbocycles. The standard InChI is InChI=1S/C2H5NO2.Ca.2H/c3-1-2(4)5;;;/h1,3H2,(H,4,5);;;/q;+2;2*-1. The normalized spacial score (nSPS) is 6.17. The Morgan fingerprint density at radius 2 is 2.17 bits per heavy atom. The number of carbonyl (C=O) groups is 1. The Balaban J connectivity index is -0.0000000267. The SMILES string of the molecule is NCC(=O)O.[Ca+2].[H-].[H-]. The van der Waals surface area contributed by atoms with Gasteiger partial charge in [0.2, 0.25) is 0 Å². The van der Waals surface area contributed by atoms with Crippen molar-refractivity contribution in [2.45, 2.75) is 0 Å². The van der Waals surface area contributed by atoms with Crippen molar-refractivity contribution in [1.82, 2.24) is 0 Å². The summed E-state index contributed by atoms with van der Waals surface area (Å²) >= 11 is 0. The van der Waals surface area contributed by atoms with Crippen LogP contribution in [-0.2, 0) is 4.79 Å². The summed E-state index contributed by atoms with van der Waals surface area (Å²) in [6.07, 6.45) is 0. The number of carboxylic acids is 1. The minimum Gasteiger partial charge on any atom is -1.00 e. The molecule has 0 unspecified atom stereocenters. The van der Waals surface area contributed by atoms with Crippen LogP contribution in [0, 0.1) is 0 Å². The second kappa shape index (κ2) is 5.69. The summed E-state index contributed by atoms with van der Waals surface area (Å²) in [5.41, 5.74) is 4.57. The Bertz CT molecular complexity index is 53.3. The molecule has 3 N–H and O–H groups in total. The van der Waals surface area contributed by atoms with Crippen LogP contribution in [0.5, 0.6) is 0 Å². The van der Waals surface area contributed by atoms with Gasteiger partial charge in [-0.05, 0) is 0 Å². The molecule has 4 heteroatoms. The van der Waals surface area contributed by atoms with Crippen molar-refractivity contribution in [1.29, 1.82) is 0 Å². The topological polar surface area (TPSA) is 63.3 Å². The fraction of sp³-hybridized carbons (Fsp3) is 0.500. The molecule has 3 nitrogen and oxygen atoms in total. The van der Waals surface area contributed by atoms with Crippen LogP contribution in [0.25, 0.3) is 0 Å². The summed E-state index contributed by atoms with van der Waals surface area (Å²) in [5, 5.41) is 7.60. The summed E-state index contributed by atoms with van der Waals surface area (Å²) in [7, 11) is 0. The Hall–Kier alpha value is 0.690. The van der Waals surface area contributed by atoms with Crippen LogP contribution in [0.3, 0.4) is 0 Å². The van der Waals surface area contributed by atoms with Gasteiger partial charge in [-0.25, -0.2) is 0 Å². The molecule has 0 aliphatic rings. The first-order chi connectivity index (χ1) is 2.27. The number of carboxylic acid groups (broad SMARTS) is 1. The minimum absolute atomic E-state index is 0. The third-order valence-corrected chi connectivity index (χ3v) is 0.175. The van der Waals surface area contributed by atoms with E-state index in [0.29, 0.717) is 0 Å². The molecule has 0 saturated carbocycles. The number of nitrogens with two attached hydrogens (primary N) is 1. The van der Waals surface area contributed by atoms with E-state index in [4.69, 9.17) is 5.11 Å². The molecule has 0 aliphatic carbocycles. The zero-order chi connectivity index (χ0) is 4.28. The molecule has 0 aromatic rings. The smallest absolute Gasteiger partial charge is 1.00 e. The fourth-order valence-corrected chi connectivity index (χ4v) is 0. The van der Waals surface area contributed by atoms with Gasteiger partial charge >= 0.3 is 43.7 Å². The summed E-state index contributed by atoms with van der Waals surface area (Å²) in [5.74, 6) is -0.968. The quantitative estimate of drug-likeness (QED) is 0.427. The molecule has 0 amide bonds. The summed E-state index contributed by atoms with van der Waals surface area (Å²) in [6.45, 7) is -0.278. The second-order valence-electron chi connectivity index (χ2n) is 0.598. The molecule has 0 rings (SSSR count). The van der Waals surface area contributed by atoms with Crippen molar-refractivity contribution in [3.63, 3.8) is 0 Å². The molecular weight excluding hydrogens is 110 g/mol. The average Bonchev–Trinajstić information content (AvgIpc) is 1.38. The largest absolute Gasteiger partial charge is 2.00 e. The average molecular weight is 117 g/mol. The third kappa shape index (κ3) is 8.83. The maximum Gasteiger partial charge on any atom is 2.00 e. The summed E-state index contributed by atoms with van der Waals surface area (Å²) < 4.78 is 0. The van der Waals surface area contributed by atoms with Gasteiger partial charge in [-0.1, -0.05) is 0 Å². The van der Waals surface area contributed by atoms with Crippen molar-refractivity contribution >= 4 is 43.7 Å². The zero-order valence-electron chi connectivity index (χ0n) is 5.35. The summed E-state index contributed by atoms with van der Waals surface area (Å²) in [4.78, 5) is 9.24. The van der Waals surface area contributed by atoms with Crippen LogP contribution in [0.2, 0.25) is 0 Å². The molecule has 0 radical (unpaired) electrons. The molecule has 0 fully saturated rings. The molecular formula is C2H7CaNO2. The predicted molar refractivity (Wildman–Crippen MR) is 24.7 cm³/mol. The molecule has 0 heterocycles. The van der Waals surface area contributed by atoms with E-state index in [-0.39, 0.29) is 47.1 Å². The fourth-order valence-electron chi connectivity index (χ4n) is 0. The van der Waals surface area contributed by atoms with E-state index in [0.717, 1.165) is 0 Å². The molecule has 6 heavy (non-hydrogen) atoms. The molecule has 0 spiro atoms. The predicted octanol–water partition coefficient (Wildman–Crippen LogP) is -1.13. The maximum absolute atomic E-state index is 9.24. The molecule has 0 bridgehead atoms. The third-order valence-electron chi connectivity index (χ3n) is 0.175. The van der Waals surface area contributed by atoms with Crippen molar-refractivity contribution in [3.05, 3.63) is 0 Å². The number of aliphatic carboxylic acids is 1. The van der Waals surface area contributed by atoms with Crippen LogP contribution in [0.1, 0.15) is 2.85 Å². The van der Waals surface area contributed by atoms with Gasteiger partial charge in [0.05, 0.1) is 6.54 Å². The monoisotopic (exact) mass is 117 g/mol. The van der Waals surface area contributed by atoms with Gasteiger partial charge in [0.1, 0.15) is 0 Å². The summed E-state index contributed by atoms with van der Waals surface area (Å²) in [6, 6.07) is 0. The van der Waals surface area contributed by atoms with E-state index in [9.17, 15) is 4.79 Å². The van der Waals surface area contributed by atoms with Crippen LogP contribution < -0.4 is 5.73 Å². The van der Waals surface area contributed by atoms with Crippen LogP contribution in [0.15, 0.2) is 0 Å². The van der Waals surface area contributed by atoms with Gasteiger partial charge in [0.15, 0.2) is 0 Å². The van der Waals surface area contributed by atoms with Gasteiger partial charge in [0, 0.05) is 0 Å². The number of rotatable bonds is 1. The van der Waals surface area contributed by atoms with Gasteiger partial charge in [-0.3, -0.25) is 4.79 Å². The van der Waals surface area contributed by atoms with Gasteiger partial charge < -0.3 is 13.7 Å². The Morgan fingerprint density at radius 3 is 2.17 bits per heavy atom. The number of hydrogen-bond acceptors (Lipinski definition) is 2. The van der Waals surface area contributed by atoms with Crippen molar-refractivity contribution in [2.24, 2.45) is 5.73 Å². The first-order valence-corrected chi connectivity index (χ1v) is 1.19. The van der Waals surface area contributed by atoms with E-state index in [1.807, 2.05) is 0 Å². The second-order valence-corrected chi connectivity index (χ2v) is 0.598.